The molecule has 0 spiro atoms. The van der Waals surface area contributed by atoms with Crippen LogP contribution in [0.3, 0.4) is 0 Å². The highest BCUT2D eigenvalue weighted by molar-refractivity contribution is 8.00. The van der Waals surface area contributed by atoms with Crippen molar-refractivity contribution in [1.82, 2.24) is 4.98 Å². The van der Waals surface area contributed by atoms with E-state index in [0.29, 0.717) is 10.7 Å². The first kappa shape index (κ1) is 25.0. The van der Waals surface area contributed by atoms with Gasteiger partial charge >= 0.3 is 5.97 Å². The van der Waals surface area contributed by atoms with Crippen LogP contribution in [0.5, 0.6) is 0 Å². The molecule has 8 heteroatoms. The number of rotatable bonds is 8. The van der Waals surface area contributed by atoms with Crippen molar-refractivity contribution in [3.8, 4) is 0 Å². The number of anilines is 2. The average Bonchev–Trinajstić information content (AvgIpc) is 2.82. The maximum Gasteiger partial charge on any atom is 0.341 e. The Morgan fingerprint density at radius 3 is 1.97 bits per heavy atom. The number of hydrogen-bond donors (Lipinski definition) is 2. The number of nitrogens with zero attached hydrogens (tertiary/aromatic N) is 1. The molecular formula is C26H27N3O4S. The lowest BCUT2D eigenvalue weighted by Gasteiger charge is -2.17. The van der Waals surface area contributed by atoms with Gasteiger partial charge in [-0.25, -0.2) is 9.78 Å². The first-order chi connectivity index (χ1) is 16.3. The second-order valence-electron chi connectivity index (χ2n) is 7.77. The van der Waals surface area contributed by atoms with Gasteiger partial charge in [-0.3, -0.25) is 9.59 Å². The van der Waals surface area contributed by atoms with Gasteiger partial charge in [-0.1, -0.05) is 48.2 Å². The average molecular weight is 478 g/mol. The van der Waals surface area contributed by atoms with Crippen LogP contribution in [0, 0.1) is 13.8 Å². The minimum atomic E-state index is -1.02. The van der Waals surface area contributed by atoms with Crippen LogP contribution in [0.25, 0.3) is 0 Å². The fourth-order valence-electron chi connectivity index (χ4n) is 3.03. The monoisotopic (exact) mass is 477 g/mol. The van der Waals surface area contributed by atoms with Crippen LogP contribution < -0.4 is 10.6 Å². The number of pyridine rings is 1. The molecular weight excluding hydrogens is 450 g/mol. The molecule has 0 radical (unpaired) electrons. The summed E-state index contributed by atoms with van der Waals surface area (Å²) < 4.78 is 5.40. The molecule has 2 atom stereocenters. The predicted molar refractivity (Wildman–Crippen MR) is 134 cm³/mol. The highest BCUT2D eigenvalue weighted by atomic mass is 32.2. The molecule has 0 aliphatic rings. The van der Waals surface area contributed by atoms with Gasteiger partial charge in [0.1, 0.15) is 5.03 Å². The van der Waals surface area contributed by atoms with Gasteiger partial charge in [-0.05, 0) is 63.1 Å². The van der Waals surface area contributed by atoms with E-state index < -0.39 is 23.2 Å². The zero-order valence-electron chi connectivity index (χ0n) is 19.5. The van der Waals surface area contributed by atoms with E-state index in [9.17, 15) is 14.4 Å². The van der Waals surface area contributed by atoms with Crippen LogP contribution in [-0.2, 0) is 14.3 Å². The van der Waals surface area contributed by atoms with Gasteiger partial charge in [0.15, 0.2) is 6.10 Å². The van der Waals surface area contributed by atoms with Crippen molar-refractivity contribution in [2.24, 2.45) is 0 Å². The third-order valence-electron chi connectivity index (χ3n) is 5.11. The number of ether oxygens (including phenoxy) is 1. The summed E-state index contributed by atoms with van der Waals surface area (Å²) in [5.41, 5.74) is 3.43. The summed E-state index contributed by atoms with van der Waals surface area (Å²) in [5, 5.41) is 5.49. The Bertz CT molecular complexity index is 1200. The number of esters is 1. The van der Waals surface area contributed by atoms with Gasteiger partial charge in [-0.15, -0.1) is 0 Å². The van der Waals surface area contributed by atoms with Gasteiger partial charge in [-0.2, -0.15) is 0 Å². The lowest BCUT2D eigenvalue weighted by Crippen LogP contribution is -2.30. The summed E-state index contributed by atoms with van der Waals surface area (Å²) in [6, 6.07) is 18.0. The molecule has 1 aromatic heterocycles. The SMILES string of the molecule is Cc1ccccc1NC(=O)C(C)OC(=O)c1cccnc1SC(C)C(=O)Nc1ccccc1C. The van der Waals surface area contributed by atoms with E-state index in [1.54, 1.807) is 31.3 Å². The Kier molecular flexibility index (Phi) is 8.43. The summed E-state index contributed by atoms with van der Waals surface area (Å²) in [6.07, 6.45) is 0.520. The number of carbonyl (C=O) groups excluding carboxylic acids is 3. The first-order valence-corrected chi connectivity index (χ1v) is 11.7. The number of nitrogens with one attached hydrogen (secondary N) is 2. The maximum atomic E-state index is 12.8. The molecule has 0 saturated carbocycles. The summed E-state index contributed by atoms with van der Waals surface area (Å²) in [6.45, 7) is 7.03. The van der Waals surface area contributed by atoms with Crippen LogP contribution in [0.4, 0.5) is 11.4 Å². The van der Waals surface area contributed by atoms with Crippen LogP contribution >= 0.6 is 11.8 Å². The number of thioether (sulfide) groups is 1. The topological polar surface area (TPSA) is 97.4 Å². The van der Waals surface area contributed by atoms with Gasteiger partial charge in [0, 0.05) is 17.6 Å². The Balaban J connectivity index is 1.65. The number of hydrogen-bond acceptors (Lipinski definition) is 6. The standard InChI is InChI=1S/C26H27N3O4S/c1-16-10-5-7-13-21(16)28-23(30)18(3)33-26(32)20-12-9-15-27-25(20)34-19(4)24(31)29-22-14-8-6-11-17(22)2/h5-15,18-19H,1-4H3,(H,28,30)(H,29,31). The molecule has 0 aliphatic carbocycles. The number of aryl methyl sites for hydroxylation is 2. The molecule has 1 heterocycles. The third kappa shape index (κ3) is 6.45. The van der Waals surface area contributed by atoms with Crippen molar-refractivity contribution >= 4 is 40.9 Å². The van der Waals surface area contributed by atoms with Crippen molar-refractivity contribution in [2.75, 3.05) is 10.6 Å². The molecule has 2 N–H and O–H groups in total. The van der Waals surface area contributed by atoms with Crippen molar-refractivity contribution in [1.29, 1.82) is 0 Å². The van der Waals surface area contributed by atoms with Crippen LogP contribution in [-0.4, -0.2) is 34.1 Å². The van der Waals surface area contributed by atoms with E-state index in [-0.39, 0.29) is 11.5 Å². The predicted octanol–water partition coefficient (Wildman–Crippen LogP) is 5.00. The molecule has 34 heavy (non-hydrogen) atoms. The lowest BCUT2D eigenvalue weighted by molar-refractivity contribution is -0.123. The molecule has 176 valence electrons. The third-order valence-corrected chi connectivity index (χ3v) is 6.22. The largest absolute Gasteiger partial charge is 0.449 e. The Hall–Kier alpha value is -3.65. The molecule has 7 nitrogen and oxygen atoms in total. The van der Waals surface area contributed by atoms with E-state index in [4.69, 9.17) is 4.74 Å². The Morgan fingerprint density at radius 2 is 1.38 bits per heavy atom. The molecule has 2 aromatic carbocycles. The molecule has 2 amide bonds. The number of amides is 2. The molecule has 0 saturated heterocycles. The first-order valence-electron chi connectivity index (χ1n) is 10.8. The van der Waals surface area contributed by atoms with Crippen molar-refractivity contribution in [3.05, 3.63) is 83.6 Å². The van der Waals surface area contributed by atoms with Gasteiger partial charge in [0.05, 0.1) is 10.8 Å². The molecule has 2 unspecified atom stereocenters. The number of benzene rings is 2. The minimum Gasteiger partial charge on any atom is -0.449 e. The zero-order chi connectivity index (χ0) is 24.7. The fraction of sp³-hybridized carbons (Fsp3) is 0.231. The van der Waals surface area contributed by atoms with E-state index >= 15 is 0 Å². The van der Waals surface area contributed by atoms with Crippen molar-refractivity contribution in [3.63, 3.8) is 0 Å². The van der Waals surface area contributed by atoms with E-state index in [2.05, 4.69) is 15.6 Å². The Labute approximate surface area is 203 Å². The van der Waals surface area contributed by atoms with Gasteiger partial charge in [0.2, 0.25) is 5.91 Å². The number of para-hydroxylation sites is 2. The lowest BCUT2D eigenvalue weighted by atomic mass is 10.2. The fourth-order valence-corrected chi connectivity index (χ4v) is 3.93. The summed E-state index contributed by atoms with van der Waals surface area (Å²) >= 11 is 1.15. The van der Waals surface area contributed by atoms with Crippen LogP contribution in [0.1, 0.15) is 35.3 Å². The molecule has 0 bridgehead atoms. The summed E-state index contributed by atoms with van der Waals surface area (Å²) in [7, 11) is 0. The number of carbonyl (C=O) groups is 3. The second kappa shape index (κ2) is 11.5. The second-order valence-corrected chi connectivity index (χ2v) is 9.10. The van der Waals surface area contributed by atoms with Crippen LogP contribution in [0.2, 0.25) is 0 Å². The van der Waals surface area contributed by atoms with Gasteiger partial charge in [0.25, 0.3) is 5.91 Å². The van der Waals surface area contributed by atoms with Crippen LogP contribution in [0.15, 0.2) is 71.9 Å². The van der Waals surface area contributed by atoms with E-state index in [1.165, 1.54) is 6.92 Å². The molecule has 3 aromatic rings. The summed E-state index contributed by atoms with van der Waals surface area (Å²) in [4.78, 5) is 42.3. The maximum absolute atomic E-state index is 12.8. The molecule has 0 aliphatic heterocycles. The summed E-state index contributed by atoms with van der Waals surface area (Å²) in [5.74, 6) is -1.34. The van der Waals surface area contributed by atoms with Crippen molar-refractivity contribution in [2.45, 2.75) is 44.1 Å². The number of aromatic nitrogens is 1. The van der Waals surface area contributed by atoms with Crippen molar-refractivity contribution < 1.29 is 19.1 Å². The van der Waals surface area contributed by atoms with Gasteiger partial charge < -0.3 is 15.4 Å². The molecule has 0 fully saturated rings. The molecule has 3 rings (SSSR count). The Morgan fingerprint density at radius 1 is 0.824 bits per heavy atom. The minimum absolute atomic E-state index is 0.193. The smallest absolute Gasteiger partial charge is 0.341 e. The van der Waals surface area contributed by atoms with E-state index in [1.807, 2.05) is 56.3 Å². The highest BCUT2D eigenvalue weighted by Gasteiger charge is 2.24. The zero-order valence-corrected chi connectivity index (χ0v) is 20.3. The normalized spacial score (nSPS) is 12.4. The highest BCUT2D eigenvalue weighted by Crippen LogP contribution is 2.27. The van der Waals surface area contributed by atoms with E-state index in [0.717, 1.165) is 28.6 Å². The quantitative estimate of drug-likeness (QED) is 0.350.